The molecule has 3 heterocycles. The number of nitrogens with zero attached hydrogens (tertiary/aromatic N) is 2. The van der Waals surface area contributed by atoms with Crippen LogP contribution in [0.3, 0.4) is 0 Å². The summed E-state index contributed by atoms with van der Waals surface area (Å²) in [4.78, 5) is 42.7. The van der Waals surface area contributed by atoms with E-state index in [1.807, 2.05) is 0 Å². The van der Waals surface area contributed by atoms with Gasteiger partial charge in [0.1, 0.15) is 22.6 Å². The molecule has 1 unspecified atom stereocenters. The van der Waals surface area contributed by atoms with Crippen LogP contribution >= 0.6 is 0 Å². The fraction of sp³-hybridized carbons (Fsp3) is 0.192. The molecule has 3 aromatic rings. The minimum atomic E-state index is -1.88. The van der Waals surface area contributed by atoms with Crippen LogP contribution in [0.2, 0.25) is 0 Å². The monoisotopic (exact) mass is 475 g/mol. The molecular weight excluding hydrogens is 453 g/mol. The van der Waals surface area contributed by atoms with Crippen LogP contribution < -0.4 is 20.9 Å². The van der Waals surface area contributed by atoms with Gasteiger partial charge < -0.3 is 24.7 Å². The van der Waals surface area contributed by atoms with Crippen molar-refractivity contribution in [3.8, 4) is 5.75 Å². The average Bonchev–Trinajstić information content (AvgIpc) is 3.07. The van der Waals surface area contributed by atoms with Gasteiger partial charge in [-0.15, -0.1) is 0 Å². The third-order valence-corrected chi connectivity index (χ3v) is 6.66. The first-order valence-corrected chi connectivity index (χ1v) is 10.8. The number of esters is 1. The zero-order valence-electron chi connectivity index (χ0n) is 19.3. The zero-order valence-corrected chi connectivity index (χ0v) is 19.3. The highest BCUT2D eigenvalue weighted by Crippen LogP contribution is 2.54. The van der Waals surface area contributed by atoms with Gasteiger partial charge in [-0.2, -0.15) is 0 Å². The van der Waals surface area contributed by atoms with Crippen molar-refractivity contribution >= 4 is 17.6 Å². The van der Waals surface area contributed by atoms with Crippen molar-refractivity contribution in [3.63, 3.8) is 0 Å². The van der Waals surface area contributed by atoms with Crippen LogP contribution in [0.1, 0.15) is 22.4 Å². The zero-order chi connectivity index (χ0) is 25.1. The second kappa shape index (κ2) is 7.83. The molecule has 2 aliphatic heterocycles. The summed E-state index contributed by atoms with van der Waals surface area (Å²) in [6.07, 6.45) is 0. The molecular formula is C26H22FN3O5. The van der Waals surface area contributed by atoms with Gasteiger partial charge in [0.05, 0.1) is 19.2 Å². The molecule has 2 aromatic carbocycles. The Labute approximate surface area is 200 Å². The number of methoxy groups -OCH3 is 1. The number of ether oxygens (including phenoxy) is 2. The van der Waals surface area contributed by atoms with E-state index in [0.717, 1.165) is 0 Å². The molecule has 8 nitrogen and oxygen atoms in total. The number of carbonyl (C=O) groups excluding carboxylic acids is 2. The molecule has 35 heavy (non-hydrogen) atoms. The molecule has 178 valence electrons. The quantitative estimate of drug-likeness (QED) is 0.584. The van der Waals surface area contributed by atoms with Gasteiger partial charge in [-0.05, 0) is 30.7 Å². The topological polar surface area (TPSA) is 104 Å². The third kappa shape index (κ3) is 3.01. The molecule has 5 rings (SSSR count). The number of hydrogen-bond donors (Lipinski definition) is 1. The number of benzene rings is 2. The number of amides is 1. The molecule has 2 N–H and O–H groups in total. The van der Waals surface area contributed by atoms with Crippen LogP contribution in [0, 0.1) is 12.7 Å². The molecule has 0 fully saturated rings. The summed E-state index contributed by atoms with van der Waals surface area (Å²) in [5, 5.41) is 0. The van der Waals surface area contributed by atoms with Gasteiger partial charge in [0.2, 0.25) is 11.8 Å². The summed E-state index contributed by atoms with van der Waals surface area (Å²) < 4.78 is 25.6. The lowest BCUT2D eigenvalue weighted by atomic mass is 9.68. The lowest BCUT2D eigenvalue weighted by Gasteiger charge is -2.35. The highest BCUT2D eigenvalue weighted by Gasteiger charge is 2.62. The molecule has 1 amide bonds. The Balaban J connectivity index is 1.85. The number of carbonyl (C=O) groups is 2. The Bertz CT molecular complexity index is 1490. The molecule has 1 atom stereocenters. The molecule has 2 aliphatic rings. The van der Waals surface area contributed by atoms with Crippen LogP contribution in [0.5, 0.6) is 5.75 Å². The first-order valence-electron chi connectivity index (χ1n) is 10.8. The number of hydrogen-bond acceptors (Lipinski definition) is 6. The van der Waals surface area contributed by atoms with Crippen molar-refractivity contribution in [1.29, 1.82) is 0 Å². The number of pyridine rings is 1. The van der Waals surface area contributed by atoms with E-state index in [-0.39, 0.29) is 29.3 Å². The Morgan fingerprint density at radius 2 is 1.83 bits per heavy atom. The predicted octanol–water partition coefficient (Wildman–Crippen LogP) is 2.40. The first kappa shape index (κ1) is 22.4. The van der Waals surface area contributed by atoms with E-state index in [9.17, 15) is 18.8 Å². The second-order valence-electron chi connectivity index (χ2n) is 8.51. The van der Waals surface area contributed by atoms with Crippen LogP contribution in [0.25, 0.3) is 0 Å². The van der Waals surface area contributed by atoms with Gasteiger partial charge in [0.15, 0.2) is 0 Å². The molecule has 0 bridgehead atoms. The van der Waals surface area contributed by atoms with Crippen LogP contribution in [-0.2, 0) is 33.3 Å². The van der Waals surface area contributed by atoms with E-state index >= 15 is 0 Å². The summed E-state index contributed by atoms with van der Waals surface area (Å²) in [5.41, 5.74) is 5.72. The van der Waals surface area contributed by atoms with E-state index in [2.05, 4.69) is 0 Å². The number of aromatic nitrogens is 1. The van der Waals surface area contributed by atoms with Gasteiger partial charge in [-0.3, -0.25) is 9.59 Å². The van der Waals surface area contributed by atoms with Gasteiger partial charge in [-0.1, -0.05) is 30.3 Å². The molecule has 1 aromatic heterocycles. The van der Waals surface area contributed by atoms with Crippen LogP contribution in [0.4, 0.5) is 10.1 Å². The minimum Gasteiger partial charge on any atom is -0.465 e. The van der Waals surface area contributed by atoms with Crippen molar-refractivity contribution in [3.05, 3.63) is 105 Å². The van der Waals surface area contributed by atoms with Gasteiger partial charge in [0, 0.05) is 30.1 Å². The fourth-order valence-corrected chi connectivity index (χ4v) is 4.92. The van der Waals surface area contributed by atoms with E-state index < -0.39 is 28.7 Å². The van der Waals surface area contributed by atoms with E-state index in [1.165, 1.54) is 28.7 Å². The van der Waals surface area contributed by atoms with Crippen molar-refractivity contribution < 1.29 is 23.5 Å². The van der Waals surface area contributed by atoms with E-state index in [0.29, 0.717) is 22.5 Å². The third-order valence-electron chi connectivity index (χ3n) is 6.66. The largest absolute Gasteiger partial charge is 0.465 e. The number of rotatable bonds is 3. The number of halogens is 1. The smallest absolute Gasteiger partial charge is 0.340 e. The lowest BCUT2D eigenvalue weighted by Crippen LogP contribution is -2.51. The van der Waals surface area contributed by atoms with Gasteiger partial charge >= 0.3 is 5.97 Å². The SMILES string of the molecule is COC(=O)C1=C(N)Oc2cc(C)n(C)c(=O)c2C12C(=O)N(Cc1ccc(F)cc1)c1ccccc12. The second-order valence-corrected chi connectivity index (χ2v) is 8.51. The van der Waals surface area contributed by atoms with Crippen molar-refractivity contribution in [2.45, 2.75) is 18.9 Å². The molecule has 9 heteroatoms. The molecule has 0 aliphatic carbocycles. The van der Waals surface area contributed by atoms with Crippen LogP contribution in [-0.4, -0.2) is 23.6 Å². The molecule has 0 saturated carbocycles. The van der Waals surface area contributed by atoms with E-state index in [4.69, 9.17) is 15.2 Å². The Morgan fingerprint density at radius 1 is 1.14 bits per heavy atom. The standard InChI is InChI=1S/C26H22FN3O5/c1-14-12-19-20(23(31)29(14)2)26(21(22(28)35-19)24(32)34-3)17-6-4-5-7-18(17)30(25(26)33)13-15-8-10-16(27)11-9-15/h4-12H,13,28H2,1-3H3. The number of para-hydroxylation sites is 1. The molecule has 1 spiro atoms. The molecule has 0 saturated heterocycles. The summed E-state index contributed by atoms with van der Waals surface area (Å²) in [6, 6.07) is 14.2. The molecule has 0 radical (unpaired) electrons. The minimum absolute atomic E-state index is 0.0146. The Morgan fingerprint density at radius 3 is 2.51 bits per heavy atom. The fourth-order valence-electron chi connectivity index (χ4n) is 4.92. The Hall–Kier alpha value is -4.40. The number of anilines is 1. The van der Waals surface area contributed by atoms with Gasteiger partial charge in [0.25, 0.3) is 5.56 Å². The summed E-state index contributed by atoms with van der Waals surface area (Å²) >= 11 is 0. The maximum absolute atomic E-state index is 14.4. The Kier molecular flexibility index (Phi) is 5.01. The lowest BCUT2D eigenvalue weighted by molar-refractivity contribution is -0.138. The van der Waals surface area contributed by atoms with Crippen LogP contribution in [0.15, 0.2) is 70.8 Å². The van der Waals surface area contributed by atoms with E-state index in [1.54, 1.807) is 56.4 Å². The highest BCUT2D eigenvalue weighted by molar-refractivity contribution is 6.18. The summed E-state index contributed by atoms with van der Waals surface area (Å²) in [6.45, 7) is 1.80. The number of aryl methyl sites for hydroxylation is 1. The first-order chi connectivity index (χ1) is 16.7. The predicted molar refractivity (Wildman–Crippen MR) is 125 cm³/mol. The maximum atomic E-state index is 14.4. The number of fused-ring (bicyclic) bond motifs is 4. The normalized spacial score (nSPS) is 18.4. The maximum Gasteiger partial charge on any atom is 0.340 e. The van der Waals surface area contributed by atoms with Gasteiger partial charge in [-0.25, -0.2) is 9.18 Å². The van der Waals surface area contributed by atoms with Crippen molar-refractivity contribution in [2.75, 3.05) is 12.0 Å². The summed E-state index contributed by atoms with van der Waals surface area (Å²) in [5.74, 6) is -2.06. The number of nitrogens with two attached hydrogens (primary N) is 1. The van der Waals surface area contributed by atoms with Crippen molar-refractivity contribution in [1.82, 2.24) is 4.57 Å². The highest BCUT2D eigenvalue weighted by atomic mass is 19.1. The summed E-state index contributed by atoms with van der Waals surface area (Å²) in [7, 11) is 2.74. The average molecular weight is 475 g/mol. The van der Waals surface area contributed by atoms with Crippen molar-refractivity contribution in [2.24, 2.45) is 12.8 Å².